The summed E-state index contributed by atoms with van der Waals surface area (Å²) in [6.07, 6.45) is 1.37. The summed E-state index contributed by atoms with van der Waals surface area (Å²) in [5.41, 5.74) is 6.87. The number of nitrogens with one attached hydrogen (secondary N) is 3. The zero-order valence-electron chi connectivity index (χ0n) is 17.1. The summed E-state index contributed by atoms with van der Waals surface area (Å²) < 4.78 is 0. The summed E-state index contributed by atoms with van der Waals surface area (Å²) >= 11 is 1.36. The summed E-state index contributed by atoms with van der Waals surface area (Å²) in [5.74, 6) is -1.08. The third kappa shape index (κ3) is 6.58. The maximum atomic E-state index is 12.2. The molecule has 1 fully saturated rings. The number of nitrogens with zero attached hydrogens (tertiary/aromatic N) is 1. The van der Waals surface area contributed by atoms with E-state index in [2.05, 4.69) is 16.2 Å². The lowest BCUT2D eigenvalue weighted by atomic mass is 10.2. The van der Waals surface area contributed by atoms with Crippen LogP contribution in [0.25, 0.3) is 0 Å². The minimum absolute atomic E-state index is 0.0770. The molecular formula is C22H24N4O4S. The molecule has 2 aromatic rings. The van der Waals surface area contributed by atoms with E-state index in [9.17, 15) is 19.2 Å². The van der Waals surface area contributed by atoms with Crippen LogP contribution in [0.15, 0.2) is 53.4 Å². The molecule has 0 unspecified atom stereocenters. The standard InChI is InChI=1S/C22H24N4O4S/c1-15-4-10-18(11-5-15)31-14-20(28)25-24-19(27)13-23-22(30)16-6-8-17(9-7-16)26-12-2-3-21(26)29/h4-11H,2-3,12-14H2,1H3,(H,23,30)(H,24,27)(H,25,28). The molecule has 8 nitrogen and oxygen atoms in total. The van der Waals surface area contributed by atoms with Crippen LogP contribution >= 0.6 is 11.8 Å². The lowest BCUT2D eigenvalue weighted by molar-refractivity contribution is -0.127. The molecule has 0 atom stereocenters. The first kappa shape index (κ1) is 22.4. The summed E-state index contributed by atoms with van der Waals surface area (Å²) in [4.78, 5) is 50.3. The Morgan fingerprint density at radius 1 is 0.968 bits per heavy atom. The number of hydrazine groups is 1. The Labute approximate surface area is 184 Å². The van der Waals surface area contributed by atoms with E-state index in [1.54, 1.807) is 29.2 Å². The van der Waals surface area contributed by atoms with Crippen LogP contribution in [0.5, 0.6) is 0 Å². The highest BCUT2D eigenvalue weighted by molar-refractivity contribution is 8.00. The minimum Gasteiger partial charge on any atom is -0.343 e. The number of hydrogen-bond donors (Lipinski definition) is 3. The van der Waals surface area contributed by atoms with Crippen molar-refractivity contribution in [3.8, 4) is 0 Å². The van der Waals surface area contributed by atoms with Gasteiger partial charge in [-0.1, -0.05) is 17.7 Å². The van der Waals surface area contributed by atoms with E-state index in [-0.39, 0.29) is 24.1 Å². The molecule has 0 aromatic heterocycles. The normalized spacial score (nSPS) is 13.1. The molecule has 0 aliphatic carbocycles. The van der Waals surface area contributed by atoms with Crippen LogP contribution in [0.1, 0.15) is 28.8 Å². The lowest BCUT2D eigenvalue weighted by Crippen LogP contribution is -2.46. The summed E-state index contributed by atoms with van der Waals surface area (Å²) in [5, 5.41) is 2.50. The van der Waals surface area contributed by atoms with Crippen molar-refractivity contribution >= 4 is 41.1 Å². The molecule has 3 N–H and O–H groups in total. The third-order valence-electron chi connectivity index (χ3n) is 4.66. The Morgan fingerprint density at radius 3 is 2.29 bits per heavy atom. The van der Waals surface area contributed by atoms with Gasteiger partial charge in [0.05, 0.1) is 12.3 Å². The zero-order chi connectivity index (χ0) is 22.2. The highest BCUT2D eigenvalue weighted by Crippen LogP contribution is 2.21. The largest absolute Gasteiger partial charge is 0.343 e. The fraction of sp³-hybridized carbons (Fsp3) is 0.273. The fourth-order valence-corrected chi connectivity index (χ4v) is 3.68. The van der Waals surface area contributed by atoms with Crippen molar-refractivity contribution in [3.05, 3.63) is 59.7 Å². The average molecular weight is 441 g/mol. The second-order valence-corrected chi connectivity index (χ2v) is 8.13. The maximum absolute atomic E-state index is 12.2. The van der Waals surface area contributed by atoms with Crippen molar-refractivity contribution in [1.29, 1.82) is 0 Å². The number of carbonyl (C=O) groups excluding carboxylic acids is 4. The molecule has 1 heterocycles. The van der Waals surface area contributed by atoms with Crippen molar-refractivity contribution in [2.75, 3.05) is 23.7 Å². The minimum atomic E-state index is -0.540. The lowest BCUT2D eigenvalue weighted by Gasteiger charge is -2.15. The van der Waals surface area contributed by atoms with E-state index in [0.29, 0.717) is 18.5 Å². The van der Waals surface area contributed by atoms with E-state index in [1.165, 1.54) is 11.8 Å². The van der Waals surface area contributed by atoms with E-state index in [1.807, 2.05) is 31.2 Å². The number of hydrogen-bond acceptors (Lipinski definition) is 5. The van der Waals surface area contributed by atoms with Gasteiger partial charge in [0.1, 0.15) is 0 Å². The second-order valence-electron chi connectivity index (χ2n) is 7.08. The molecule has 0 bridgehead atoms. The van der Waals surface area contributed by atoms with Crippen LogP contribution in [0.2, 0.25) is 0 Å². The third-order valence-corrected chi connectivity index (χ3v) is 5.67. The second kappa shape index (κ2) is 10.6. The quantitative estimate of drug-likeness (QED) is 0.449. The number of anilines is 1. The highest BCUT2D eigenvalue weighted by Gasteiger charge is 2.21. The van der Waals surface area contributed by atoms with Crippen LogP contribution in [0.3, 0.4) is 0 Å². The molecule has 0 radical (unpaired) electrons. The zero-order valence-corrected chi connectivity index (χ0v) is 18.0. The number of aryl methyl sites for hydroxylation is 1. The SMILES string of the molecule is Cc1ccc(SCC(=O)NNC(=O)CNC(=O)c2ccc(N3CCCC3=O)cc2)cc1. The van der Waals surface area contributed by atoms with Crippen molar-refractivity contribution < 1.29 is 19.2 Å². The van der Waals surface area contributed by atoms with Crippen LogP contribution in [-0.2, 0) is 14.4 Å². The Kier molecular flexibility index (Phi) is 7.66. The smallest absolute Gasteiger partial charge is 0.257 e. The van der Waals surface area contributed by atoms with E-state index < -0.39 is 11.8 Å². The molecule has 31 heavy (non-hydrogen) atoms. The number of amides is 4. The van der Waals surface area contributed by atoms with Gasteiger partial charge in [0.15, 0.2) is 0 Å². The van der Waals surface area contributed by atoms with Gasteiger partial charge < -0.3 is 10.2 Å². The van der Waals surface area contributed by atoms with Gasteiger partial charge in [0, 0.05) is 29.1 Å². The number of carbonyl (C=O) groups is 4. The molecule has 3 rings (SSSR count). The molecule has 4 amide bonds. The Hall–Kier alpha value is -3.33. The Morgan fingerprint density at radius 2 is 1.65 bits per heavy atom. The van der Waals surface area contributed by atoms with Crippen molar-refractivity contribution in [2.45, 2.75) is 24.7 Å². The predicted molar refractivity (Wildman–Crippen MR) is 119 cm³/mol. The van der Waals surface area contributed by atoms with Gasteiger partial charge in [-0.05, 0) is 49.7 Å². The summed E-state index contributed by atoms with van der Waals surface area (Å²) in [6.45, 7) is 2.39. The van der Waals surface area contributed by atoms with Gasteiger partial charge in [0.2, 0.25) is 11.8 Å². The summed E-state index contributed by atoms with van der Waals surface area (Å²) in [6, 6.07) is 14.4. The highest BCUT2D eigenvalue weighted by atomic mass is 32.2. The topological polar surface area (TPSA) is 108 Å². The van der Waals surface area contributed by atoms with Gasteiger partial charge in [-0.15, -0.1) is 11.8 Å². The molecule has 9 heteroatoms. The Balaban J connectivity index is 1.36. The van der Waals surface area contributed by atoms with Crippen LogP contribution in [0, 0.1) is 6.92 Å². The van der Waals surface area contributed by atoms with Crippen LogP contribution in [-0.4, -0.2) is 42.5 Å². The monoisotopic (exact) mass is 440 g/mol. The summed E-state index contributed by atoms with van der Waals surface area (Å²) in [7, 11) is 0. The molecular weight excluding hydrogens is 416 g/mol. The number of rotatable bonds is 7. The molecule has 162 valence electrons. The van der Waals surface area contributed by atoms with Gasteiger partial charge in [0.25, 0.3) is 11.8 Å². The van der Waals surface area contributed by atoms with Crippen LogP contribution in [0.4, 0.5) is 5.69 Å². The van der Waals surface area contributed by atoms with Gasteiger partial charge in [-0.2, -0.15) is 0 Å². The van der Waals surface area contributed by atoms with Crippen molar-refractivity contribution in [3.63, 3.8) is 0 Å². The molecule has 0 spiro atoms. The first-order chi connectivity index (χ1) is 14.9. The average Bonchev–Trinajstić information content (AvgIpc) is 3.21. The number of benzene rings is 2. The first-order valence-corrected chi connectivity index (χ1v) is 10.9. The van der Waals surface area contributed by atoms with Crippen molar-refractivity contribution in [1.82, 2.24) is 16.2 Å². The fourth-order valence-electron chi connectivity index (χ4n) is 2.98. The molecule has 1 aliphatic rings. The van der Waals surface area contributed by atoms with Gasteiger partial charge in [-0.25, -0.2) is 0 Å². The number of thioether (sulfide) groups is 1. The molecule has 2 aromatic carbocycles. The molecule has 0 saturated carbocycles. The van der Waals surface area contributed by atoms with E-state index in [4.69, 9.17) is 0 Å². The first-order valence-electron chi connectivity index (χ1n) is 9.88. The predicted octanol–water partition coefficient (Wildman–Crippen LogP) is 1.79. The van der Waals surface area contributed by atoms with Gasteiger partial charge in [-0.3, -0.25) is 30.0 Å². The van der Waals surface area contributed by atoms with Crippen molar-refractivity contribution in [2.24, 2.45) is 0 Å². The maximum Gasteiger partial charge on any atom is 0.257 e. The van der Waals surface area contributed by atoms with Gasteiger partial charge >= 0.3 is 0 Å². The van der Waals surface area contributed by atoms with E-state index >= 15 is 0 Å². The molecule has 1 saturated heterocycles. The van der Waals surface area contributed by atoms with E-state index in [0.717, 1.165) is 22.6 Å². The Bertz CT molecular complexity index is 960. The molecule has 1 aliphatic heterocycles. The van der Waals surface area contributed by atoms with Crippen LogP contribution < -0.4 is 21.1 Å².